The fraction of sp³-hybridized carbons (Fsp3) is 0.857. The number of carbonyl (C=O) groups is 2. The fourth-order valence-electron chi connectivity index (χ4n) is 7.67. The third-order valence-corrected chi connectivity index (χ3v) is 9.20. The lowest BCUT2D eigenvalue weighted by atomic mass is 9.54. The Morgan fingerprint density at radius 3 is 2.55 bits per heavy atom. The van der Waals surface area contributed by atoms with Gasteiger partial charge in [-0.2, -0.15) is 0 Å². The number of Topliss-reactive ketones (excluding diaryl/α,β-unsaturated/α-hetero) is 1. The van der Waals surface area contributed by atoms with Gasteiger partial charge in [-0.05, 0) is 79.4 Å². The summed E-state index contributed by atoms with van der Waals surface area (Å²) >= 11 is 0. The maximum absolute atomic E-state index is 13.0. The highest BCUT2D eigenvalue weighted by atomic mass is 16.5. The third kappa shape index (κ3) is 5.63. The number of ketones is 1. The Morgan fingerprint density at radius 1 is 1.13 bits per heavy atom. The second kappa shape index (κ2) is 10.2. The van der Waals surface area contributed by atoms with Gasteiger partial charge in [0.2, 0.25) is 0 Å². The van der Waals surface area contributed by atoms with E-state index in [1.165, 1.54) is 57.4 Å². The number of ether oxygens (including phenoxy) is 1. The summed E-state index contributed by atoms with van der Waals surface area (Å²) in [5.41, 5.74) is 1.66. The molecule has 3 aliphatic carbocycles. The van der Waals surface area contributed by atoms with Gasteiger partial charge >= 0.3 is 5.97 Å². The van der Waals surface area contributed by atoms with Gasteiger partial charge in [0.25, 0.3) is 0 Å². The summed E-state index contributed by atoms with van der Waals surface area (Å²) in [7, 11) is 0. The molecule has 3 fully saturated rings. The lowest BCUT2D eigenvalue weighted by Crippen LogP contribution is -2.43. The van der Waals surface area contributed by atoms with Crippen molar-refractivity contribution in [1.29, 1.82) is 0 Å². The number of hydrogen-bond donors (Lipinski definition) is 0. The number of hydrogen-bond acceptors (Lipinski definition) is 3. The molecular formula is C28H46O3. The molecule has 0 spiro atoms. The molecule has 0 aliphatic heterocycles. The second-order valence-electron chi connectivity index (χ2n) is 11.8. The topological polar surface area (TPSA) is 43.4 Å². The molecule has 0 aromatic heterocycles. The minimum absolute atomic E-state index is 0.273. The molecule has 0 radical (unpaired) electrons. The van der Waals surface area contributed by atoms with Crippen LogP contribution in [-0.4, -0.2) is 17.9 Å². The normalized spacial score (nSPS) is 37.4. The zero-order valence-corrected chi connectivity index (χ0v) is 20.8. The zero-order valence-electron chi connectivity index (χ0n) is 20.8. The highest BCUT2D eigenvalue weighted by molar-refractivity contribution is 5.79. The SMILES string of the molecule is C=C1CC[C@H](OC(C)=O)CC(=O)C[C@@H]2[C@@H]1CC[C@]1(C)[C@@H]([C@H](C)CCCC(C)C)CC[C@@H]21. The average Bonchev–Trinajstić information content (AvgIpc) is 3.04. The number of fused-ring (bicyclic) bond motifs is 3. The molecule has 3 saturated carbocycles. The van der Waals surface area contributed by atoms with Gasteiger partial charge in [-0.15, -0.1) is 0 Å². The summed E-state index contributed by atoms with van der Waals surface area (Å²) < 4.78 is 5.46. The van der Waals surface area contributed by atoms with Crippen LogP contribution < -0.4 is 0 Å². The van der Waals surface area contributed by atoms with Crippen molar-refractivity contribution in [3.8, 4) is 0 Å². The number of allylic oxidation sites excluding steroid dienone is 1. The first-order chi connectivity index (χ1) is 14.6. The molecule has 176 valence electrons. The Bertz CT molecular complexity index is 665. The van der Waals surface area contributed by atoms with Crippen molar-refractivity contribution < 1.29 is 14.3 Å². The molecule has 3 aliphatic rings. The van der Waals surface area contributed by atoms with Gasteiger partial charge < -0.3 is 4.74 Å². The lowest BCUT2D eigenvalue weighted by Gasteiger charge is -2.50. The van der Waals surface area contributed by atoms with Gasteiger partial charge in [-0.3, -0.25) is 9.59 Å². The molecule has 0 aromatic carbocycles. The molecule has 31 heavy (non-hydrogen) atoms. The number of carbonyl (C=O) groups excluding carboxylic acids is 2. The van der Waals surface area contributed by atoms with Crippen LogP contribution in [0.2, 0.25) is 0 Å². The van der Waals surface area contributed by atoms with Crippen LogP contribution in [0.15, 0.2) is 12.2 Å². The van der Waals surface area contributed by atoms with Crippen LogP contribution in [0.25, 0.3) is 0 Å². The van der Waals surface area contributed by atoms with Crippen LogP contribution in [0.4, 0.5) is 0 Å². The predicted molar refractivity (Wildman–Crippen MR) is 127 cm³/mol. The van der Waals surface area contributed by atoms with E-state index in [0.29, 0.717) is 36.0 Å². The van der Waals surface area contributed by atoms with Crippen molar-refractivity contribution in [2.45, 2.75) is 111 Å². The standard InChI is InChI=1S/C28H46O3/c1-18(2)8-7-9-20(4)26-12-13-27-25-17-22(30)16-23(31-21(5)29)11-10-19(3)24(25)14-15-28(26,27)6/h18,20,23-27H,3,7-17H2,1-2,4-6H3/t20-,23+,24-,25-,26-,27+,28-/m1/s1. The third-order valence-electron chi connectivity index (χ3n) is 9.20. The van der Waals surface area contributed by atoms with Gasteiger partial charge in [-0.1, -0.05) is 59.1 Å². The van der Waals surface area contributed by atoms with E-state index < -0.39 is 0 Å². The number of rotatable bonds is 6. The molecule has 3 nitrogen and oxygen atoms in total. The maximum atomic E-state index is 13.0. The van der Waals surface area contributed by atoms with Crippen molar-refractivity contribution in [2.75, 3.05) is 0 Å². The molecule has 0 bridgehead atoms. The first-order valence-corrected chi connectivity index (χ1v) is 13.0. The Kier molecular flexibility index (Phi) is 8.08. The maximum Gasteiger partial charge on any atom is 0.302 e. The predicted octanol–water partition coefficient (Wildman–Crippen LogP) is 7.14. The van der Waals surface area contributed by atoms with E-state index in [4.69, 9.17) is 4.74 Å². The van der Waals surface area contributed by atoms with Crippen LogP contribution in [-0.2, 0) is 14.3 Å². The largest absolute Gasteiger partial charge is 0.462 e. The number of esters is 1. The summed E-state index contributed by atoms with van der Waals surface area (Å²) in [6, 6.07) is 0. The minimum atomic E-state index is -0.280. The van der Waals surface area contributed by atoms with E-state index in [9.17, 15) is 9.59 Å². The summed E-state index contributed by atoms with van der Waals surface area (Å²) in [5, 5.41) is 0. The molecule has 3 heteroatoms. The lowest BCUT2D eigenvalue weighted by molar-refractivity contribution is -0.147. The fourth-order valence-corrected chi connectivity index (χ4v) is 7.67. The monoisotopic (exact) mass is 430 g/mol. The summed E-state index contributed by atoms with van der Waals surface area (Å²) in [4.78, 5) is 24.5. The Morgan fingerprint density at radius 2 is 1.87 bits per heavy atom. The molecule has 0 aromatic rings. The molecular weight excluding hydrogens is 384 g/mol. The molecule has 0 unspecified atom stereocenters. The summed E-state index contributed by atoms with van der Waals surface area (Å²) in [6.45, 7) is 15.6. The zero-order chi connectivity index (χ0) is 22.8. The van der Waals surface area contributed by atoms with E-state index in [2.05, 4.69) is 34.3 Å². The van der Waals surface area contributed by atoms with E-state index in [0.717, 1.165) is 30.6 Å². The van der Waals surface area contributed by atoms with E-state index in [1.54, 1.807) is 0 Å². The molecule has 0 N–H and O–H groups in total. The van der Waals surface area contributed by atoms with Crippen molar-refractivity contribution in [1.82, 2.24) is 0 Å². The molecule has 7 atom stereocenters. The minimum Gasteiger partial charge on any atom is -0.462 e. The van der Waals surface area contributed by atoms with Gasteiger partial charge in [0, 0.05) is 19.8 Å². The smallest absolute Gasteiger partial charge is 0.302 e. The molecule has 0 heterocycles. The van der Waals surface area contributed by atoms with Crippen LogP contribution in [0.5, 0.6) is 0 Å². The van der Waals surface area contributed by atoms with Gasteiger partial charge in [0.1, 0.15) is 11.9 Å². The summed E-state index contributed by atoms with van der Waals surface area (Å²) in [5.74, 6) is 3.89. The van der Waals surface area contributed by atoms with Crippen LogP contribution in [0.1, 0.15) is 105 Å². The van der Waals surface area contributed by atoms with Gasteiger partial charge in [-0.25, -0.2) is 0 Å². The highest BCUT2D eigenvalue weighted by Gasteiger charge is 2.55. The van der Waals surface area contributed by atoms with Gasteiger partial charge in [0.05, 0.1) is 0 Å². The van der Waals surface area contributed by atoms with Gasteiger partial charge in [0.15, 0.2) is 0 Å². The van der Waals surface area contributed by atoms with E-state index >= 15 is 0 Å². The second-order valence-corrected chi connectivity index (χ2v) is 11.8. The molecule has 0 amide bonds. The first-order valence-electron chi connectivity index (χ1n) is 13.0. The first kappa shape index (κ1) is 24.5. The highest BCUT2D eigenvalue weighted by Crippen LogP contribution is 2.63. The Labute approximate surface area is 190 Å². The van der Waals surface area contributed by atoms with Crippen molar-refractivity contribution in [3.05, 3.63) is 12.2 Å². The van der Waals surface area contributed by atoms with Crippen molar-refractivity contribution >= 4 is 11.8 Å². The van der Waals surface area contributed by atoms with Crippen LogP contribution >= 0.6 is 0 Å². The quantitative estimate of drug-likeness (QED) is 0.332. The van der Waals surface area contributed by atoms with Crippen LogP contribution in [0.3, 0.4) is 0 Å². The molecule has 0 saturated heterocycles. The van der Waals surface area contributed by atoms with Crippen molar-refractivity contribution in [3.63, 3.8) is 0 Å². The molecule has 3 rings (SSSR count). The van der Waals surface area contributed by atoms with Crippen molar-refractivity contribution in [2.24, 2.45) is 40.9 Å². The van der Waals surface area contributed by atoms with E-state index in [-0.39, 0.29) is 17.9 Å². The van der Waals surface area contributed by atoms with E-state index in [1.807, 2.05) is 0 Å². The summed E-state index contributed by atoms with van der Waals surface area (Å²) in [6.07, 6.45) is 11.4. The Hall–Kier alpha value is -1.12. The average molecular weight is 431 g/mol. The van der Waals surface area contributed by atoms with Crippen LogP contribution in [0, 0.1) is 40.9 Å². The Balaban J connectivity index is 1.74.